The van der Waals surface area contributed by atoms with E-state index in [4.69, 9.17) is 10.5 Å². The third kappa shape index (κ3) is 3.27. The molecule has 0 bridgehead atoms. The number of nitrogen functional groups attached to an aromatic ring is 1. The van der Waals surface area contributed by atoms with E-state index in [1.807, 2.05) is 12.1 Å². The van der Waals surface area contributed by atoms with Gasteiger partial charge in [-0.2, -0.15) is 0 Å². The van der Waals surface area contributed by atoms with E-state index in [0.29, 0.717) is 23.5 Å². The van der Waals surface area contributed by atoms with Crippen molar-refractivity contribution in [1.82, 2.24) is 5.32 Å². The highest BCUT2D eigenvalue weighted by Gasteiger charge is 2.15. The number of hydrogen-bond donors (Lipinski definition) is 2. The largest absolute Gasteiger partial charge is 0.496 e. The van der Waals surface area contributed by atoms with E-state index in [1.54, 1.807) is 29.5 Å². The van der Waals surface area contributed by atoms with Crippen LogP contribution in [0.25, 0.3) is 0 Å². The number of nitrogens with two attached hydrogens (primary N) is 1. The van der Waals surface area contributed by atoms with Crippen LogP contribution in [0.2, 0.25) is 0 Å². The number of thiophene rings is 1. The van der Waals surface area contributed by atoms with Crippen molar-refractivity contribution < 1.29 is 9.53 Å². The normalized spacial score (nSPS) is 10.2. The van der Waals surface area contributed by atoms with Crippen LogP contribution in [0.1, 0.15) is 15.2 Å². The summed E-state index contributed by atoms with van der Waals surface area (Å²) in [7, 11) is 1.52. The molecule has 0 saturated carbocycles. The molecular formula is C13H13BrN2O2S. The molecule has 0 unspecified atom stereocenters. The van der Waals surface area contributed by atoms with E-state index >= 15 is 0 Å². The van der Waals surface area contributed by atoms with E-state index in [-0.39, 0.29) is 5.91 Å². The molecule has 0 fully saturated rings. The van der Waals surface area contributed by atoms with Gasteiger partial charge in [-0.15, -0.1) is 11.3 Å². The second kappa shape index (κ2) is 6.08. The Kier molecular flexibility index (Phi) is 4.44. The molecule has 0 radical (unpaired) electrons. The van der Waals surface area contributed by atoms with Gasteiger partial charge in [0.15, 0.2) is 0 Å². The summed E-state index contributed by atoms with van der Waals surface area (Å²) in [5.41, 5.74) is 6.61. The minimum absolute atomic E-state index is 0.237. The molecule has 1 amide bonds. The quantitative estimate of drug-likeness (QED) is 0.840. The summed E-state index contributed by atoms with van der Waals surface area (Å²) in [6, 6.07) is 9.05. The van der Waals surface area contributed by atoms with Crippen molar-refractivity contribution >= 4 is 38.9 Å². The molecule has 2 aromatic rings. The fourth-order valence-electron chi connectivity index (χ4n) is 1.66. The third-order valence-corrected chi connectivity index (χ3v) is 4.18. The number of methoxy groups -OCH3 is 1. The fourth-order valence-corrected chi connectivity index (χ4v) is 3.09. The predicted octanol–water partition coefficient (Wildman–Crippen LogP) is 3.03. The zero-order valence-electron chi connectivity index (χ0n) is 10.3. The van der Waals surface area contributed by atoms with Crippen LogP contribution in [0.3, 0.4) is 0 Å². The molecule has 4 nitrogen and oxygen atoms in total. The maximum Gasteiger partial charge on any atom is 0.257 e. The first kappa shape index (κ1) is 13.9. The number of amides is 1. The lowest BCUT2D eigenvalue weighted by molar-refractivity contribution is 0.0949. The smallest absolute Gasteiger partial charge is 0.257 e. The van der Waals surface area contributed by atoms with E-state index < -0.39 is 0 Å². The first-order valence-corrected chi connectivity index (χ1v) is 7.17. The Bertz CT molecular complexity index is 598. The molecule has 1 aromatic carbocycles. The van der Waals surface area contributed by atoms with E-state index in [0.717, 1.165) is 8.66 Å². The van der Waals surface area contributed by atoms with E-state index in [1.165, 1.54) is 7.11 Å². The SMILES string of the molecule is COc1cccc(N)c1C(=O)NCc1ccc(Br)s1. The third-order valence-electron chi connectivity index (χ3n) is 2.56. The van der Waals surface area contributed by atoms with Crippen LogP contribution in [0.15, 0.2) is 34.1 Å². The molecule has 0 aliphatic heterocycles. The summed E-state index contributed by atoms with van der Waals surface area (Å²) in [5.74, 6) is 0.240. The lowest BCUT2D eigenvalue weighted by Crippen LogP contribution is -2.24. The Hall–Kier alpha value is -1.53. The van der Waals surface area contributed by atoms with Crippen LogP contribution in [-0.4, -0.2) is 13.0 Å². The van der Waals surface area contributed by atoms with Crippen molar-refractivity contribution in [1.29, 1.82) is 0 Å². The van der Waals surface area contributed by atoms with Crippen LogP contribution in [-0.2, 0) is 6.54 Å². The maximum atomic E-state index is 12.1. The highest BCUT2D eigenvalue weighted by atomic mass is 79.9. The highest BCUT2D eigenvalue weighted by molar-refractivity contribution is 9.11. The lowest BCUT2D eigenvalue weighted by atomic mass is 10.1. The van der Waals surface area contributed by atoms with Gasteiger partial charge in [0.1, 0.15) is 11.3 Å². The minimum Gasteiger partial charge on any atom is -0.496 e. The zero-order valence-corrected chi connectivity index (χ0v) is 12.7. The van der Waals surface area contributed by atoms with Crippen molar-refractivity contribution in [3.05, 3.63) is 44.6 Å². The van der Waals surface area contributed by atoms with Crippen molar-refractivity contribution in [3.8, 4) is 5.75 Å². The highest BCUT2D eigenvalue weighted by Crippen LogP contribution is 2.25. The maximum absolute atomic E-state index is 12.1. The Balaban J connectivity index is 2.12. The Morgan fingerprint density at radius 1 is 1.42 bits per heavy atom. The number of benzene rings is 1. The Morgan fingerprint density at radius 2 is 2.21 bits per heavy atom. The van der Waals surface area contributed by atoms with Gasteiger partial charge in [0.25, 0.3) is 5.91 Å². The number of anilines is 1. The summed E-state index contributed by atoms with van der Waals surface area (Å²) in [6.07, 6.45) is 0. The molecule has 3 N–H and O–H groups in total. The number of carbonyl (C=O) groups excluding carboxylic acids is 1. The molecule has 0 aliphatic rings. The van der Waals surface area contributed by atoms with Gasteiger partial charge in [0.2, 0.25) is 0 Å². The zero-order chi connectivity index (χ0) is 13.8. The van der Waals surface area contributed by atoms with Crippen molar-refractivity contribution in [2.24, 2.45) is 0 Å². The number of rotatable bonds is 4. The van der Waals surface area contributed by atoms with Crippen molar-refractivity contribution in [2.45, 2.75) is 6.54 Å². The summed E-state index contributed by atoms with van der Waals surface area (Å²) in [6.45, 7) is 0.465. The Labute approximate surface area is 123 Å². The molecule has 0 aliphatic carbocycles. The van der Waals surface area contributed by atoms with E-state index in [9.17, 15) is 4.79 Å². The minimum atomic E-state index is -0.237. The van der Waals surface area contributed by atoms with E-state index in [2.05, 4.69) is 21.2 Å². The van der Waals surface area contributed by atoms with Crippen LogP contribution < -0.4 is 15.8 Å². The van der Waals surface area contributed by atoms with Crippen molar-refractivity contribution in [3.63, 3.8) is 0 Å². The van der Waals surface area contributed by atoms with Gasteiger partial charge in [-0.05, 0) is 40.2 Å². The second-order valence-electron chi connectivity index (χ2n) is 3.81. The van der Waals surface area contributed by atoms with Crippen LogP contribution >= 0.6 is 27.3 Å². The van der Waals surface area contributed by atoms with Crippen LogP contribution in [0.5, 0.6) is 5.75 Å². The van der Waals surface area contributed by atoms with Gasteiger partial charge in [-0.3, -0.25) is 4.79 Å². The van der Waals surface area contributed by atoms with Crippen LogP contribution in [0.4, 0.5) is 5.69 Å². The molecule has 0 atom stereocenters. The summed E-state index contributed by atoms with van der Waals surface area (Å²) in [5, 5.41) is 2.83. The van der Waals surface area contributed by atoms with Gasteiger partial charge >= 0.3 is 0 Å². The van der Waals surface area contributed by atoms with Gasteiger partial charge in [0.05, 0.1) is 17.4 Å². The molecule has 0 saturated heterocycles. The molecular weight excluding hydrogens is 328 g/mol. The fraction of sp³-hybridized carbons (Fsp3) is 0.154. The average molecular weight is 341 g/mol. The second-order valence-corrected chi connectivity index (χ2v) is 6.36. The topological polar surface area (TPSA) is 64.3 Å². The Morgan fingerprint density at radius 3 is 2.84 bits per heavy atom. The number of ether oxygens (including phenoxy) is 1. The first-order chi connectivity index (χ1) is 9.11. The summed E-state index contributed by atoms with van der Waals surface area (Å²) >= 11 is 4.96. The molecule has 19 heavy (non-hydrogen) atoms. The molecule has 1 aromatic heterocycles. The molecule has 6 heteroatoms. The molecule has 2 rings (SSSR count). The van der Waals surface area contributed by atoms with Gasteiger partial charge < -0.3 is 15.8 Å². The molecule has 100 valence electrons. The number of nitrogens with one attached hydrogen (secondary N) is 1. The first-order valence-electron chi connectivity index (χ1n) is 5.56. The van der Waals surface area contributed by atoms with Crippen LogP contribution in [0, 0.1) is 0 Å². The van der Waals surface area contributed by atoms with Crippen molar-refractivity contribution in [2.75, 3.05) is 12.8 Å². The predicted molar refractivity (Wildman–Crippen MR) is 80.6 cm³/mol. The average Bonchev–Trinajstić information content (AvgIpc) is 2.81. The van der Waals surface area contributed by atoms with Gasteiger partial charge in [0, 0.05) is 10.6 Å². The van der Waals surface area contributed by atoms with Gasteiger partial charge in [-0.1, -0.05) is 6.07 Å². The van der Waals surface area contributed by atoms with Gasteiger partial charge in [-0.25, -0.2) is 0 Å². The standard InChI is InChI=1S/C13H13BrN2O2S/c1-18-10-4-2-3-9(15)12(10)13(17)16-7-8-5-6-11(14)19-8/h2-6H,7,15H2,1H3,(H,16,17). The lowest BCUT2D eigenvalue weighted by Gasteiger charge is -2.10. The summed E-state index contributed by atoms with van der Waals surface area (Å²) in [4.78, 5) is 13.2. The number of halogens is 1. The molecule has 0 spiro atoms. The summed E-state index contributed by atoms with van der Waals surface area (Å²) < 4.78 is 6.19. The molecule has 1 heterocycles. The number of carbonyl (C=O) groups is 1. The number of hydrogen-bond acceptors (Lipinski definition) is 4. The monoisotopic (exact) mass is 340 g/mol.